The van der Waals surface area contributed by atoms with Crippen LogP contribution in [0.15, 0.2) is 0 Å². The van der Waals surface area contributed by atoms with Crippen LogP contribution in [0, 0.1) is 40.4 Å². The zero-order chi connectivity index (χ0) is 23.4. The molecule has 0 aliphatic heterocycles. The van der Waals surface area contributed by atoms with Crippen molar-refractivity contribution in [3.05, 3.63) is 0 Å². The Morgan fingerprint density at radius 2 is 1.75 bits per heavy atom. The van der Waals surface area contributed by atoms with Crippen LogP contribution in [0.2, 0.25) is 0 Å². The van der Waals surface area contributed by atoms with Gasteiger partial charge in [0.1, 0.15) is 12.7 Å². The molecule has 0 aromatic carbocycles. The second-order valence-corrected chi connectivity index (χ2v) is 12.0. The van der Waals surface area contributed by atoms with Crippen LogP contribution in [0.1, 0.15) is 72.6 Å². The van der Waals surface area contributed by atoms with Gasteiger partial charge in [0.15, 0.2) is 11.6 Å². The lowest BCUT2D eigenvalue weighted by atomic mass is 9.44. The van der Waals surface area contributed by atoms with Crippen molar-refractivity contribution >= 4 is 39.4 Å². The van der Waals surface area contributed by atoms with Gasteiger partial charge in [0.25, 0.3) is 0 Å². The molecule has 0 radical (unpaired) electrons. The summed E-state index contributed by atoms with van der Waals surface area (Å²) in [4.78, 5) is 49.2. The lowest BCUT2D eigenvalue weighted by molar-refractivity contribution is -0.169. The van der Waals surface area contributed by atoms with E-state index < -0.39 is 11.4 Å². The van der Waals surface area contributed by atoms with E-state index in [4.69, 9.17) is 9.47 Å². The molecule has 0 N–H and O–H groups in total. The summed E-state index contributed by atoms with van der Waals surface area (Å²) in [5.74, 6) is 0.135. The van der Waals surface area contributed by atoms with E-state index in [-0.39, 0.29) is 58.2 Å². The van der Waals surface area contributed by atoms with E-state index in [1.807, 2.05) is 0 Å². The Kier molecular flexibility index (Phi) is 6.36. The first-order valence-electron chi connectivity index (χ1n) is 12.0. The summed E-state index contributed by atoms with van der Waals surface area (Å²) in [7, 11) is 0. The first-order chi connectivity index (χ1) is 15.0. The Balaban J connectivity index is 1.58. The molecule has 9 atom stereocenters. The maximum Gasteiger partial charge on any atom is 0.303 e. The molecule has 4 fully saturated rings. The van der Waals surface area contributed by atoms with Gasteiger partial charge in [-0.05, 0) is 73.5 Å². The molecule has 0 aromatic heterocycles. The van der Waals surface area contributed by atoms with E-state index in [2.05, 4.69) is 29.8 Å². The molecule has 4 rings (SSSR count). The third-order valence-electron chi connectivity index (χ3n) is 9.55. The Hall–Kier alpha value is -1.24. The third-order valence-corrected chi connectivity index (χ3v) is 11.0. The lowest BCUT2D eigenvalue weighted by Gasteiger charge is -2.61. The van der Waals surface area contributed by atoms with Gasteiger partial charge in [-0.15, -0.1) is 0 Å². The molecular weight excluding hydrogens is 476 g/mol. The molecule has 0 saturated heterocycles. The van der Waals surface area contributed by atoms with Gasteiger partial charge in [-0.25, -0.2) is 0 Å². The van der Waals surface area contributed by atoms with Gasteiger partial charge in [0, 0.05) is 25.7 Å². The maximum absolute atomic E-state index is 13.9. The number of carbonyl (C=O) groups excluding carboxylic acids is 4. The molecule has 0 spiro atoms. The molecule has 0 amide bonds. The fraction of sp³-hybridized carbons (Fsp3) is 0.840. The summed E-state index contributed by atoms with van der Waals surface area (Å²) in [5, 5.41) is 0. The Morgan fingerprint density at radius 3 is 2.41 bits per heavy atom. The average Bonchev–Trinajstić information content (AvgIpc) is 3.08. The molecule has 0 unspecified atom stereocenters. The number of ketones is 2. The maximum atomic E-state index is 13.9. The van der Waals surface area contributed by atoms with Gasteiger partial charge in [0.05, 0.1) is 4.83 Å². The van der Waals surface area contributed by atoms with Crippen LogP contribution in [0.3, 0.4) is 0 Å². The van der Waals surface area contributed by atoms with Crippen LogP contribution in [-0.4, -0.2) is 41.0 Å². The van der Waals surface area contributed by atoms with Crippen LogP contribution in [-0.2, 0) is 28.7 Å². The number of carbonyl (C=O) groups is 4. The number of ether oxygens (including phenoxy) is 2. The van der Waals surface area contributed by atoms with Crippen molar-refractivity contribution in [1.29, 1.82) is 0 Å². The van der Waals surface area contributed by atoms with Gasteiger partial charge in [-0.1, -0.05) is 29.8 Å². The normalized spacial score (nSPS) is 45.3. The van der Waals surface area contributed by atoms with Crippen LogP contribution in [0.5, 0.6) is 0 Å². The van der Waals surface area contributed by atoms with Crippen molar-refractivity contribution in [3.63, 3.8) is 0 Å². The quantitative estimate of drug-likeness (QED) is 0.414. The molecule has 4 aliphatic rings. The zero-order valence-electron chi connectivity index (χ0n) is 19.5. The molecule has 6 nitrogen and oxygen atoms in total. The van der Waals surface area contributed by atoms with Crippen LogP contribution in [0.4, 0.5) is 0 Å². The van der Waals surface area contributed by atoms with Gasteiger partial charge in [-0.2, -0.15) is 0 Å². The number of fused-ring (bicyclic) bond motifs is 5. The van der Waals surface area contributed by atoms with Crippen molar-refractivity contribution < 1.29 is 28.7 Å². The van der Waals surface area contributed by atoms with Crippen molar-refractivity contribution in [3.8, 4) is 0 Å². The summed E-state index contributed by atoms with van der Waals surface area (Å²) < 4.78 is 10.5. The van der Waals surface area contributed by atoms with Crippen molar-refractivity contribution in [2.45, 2.75) is 83.6 Å². The van der Waals surface area contributed by atoms with Gasteiger partial charge >= 0.3 is 11.9 Å². The average molecular weight is 511 g/mol. The van der Waals surface area contributed by atoms with E-state index in [9.17, 15) is 19.2 Å². The van der Waals surface area contributed by atoms with E-state index in [1.165, 1.54) is 13.8 Å². The summed E-state index contributed by atoms with van der Waals surface area (Å²) in [6.07, 6.45) is 6.19. The minimum Gasteiger partial charge on any atom is -0.463 e. The van der Waals surface area contributed by atoms with Crippen LogP contribution in [0.25, 0.3) is 0 Å². The Labute approximate surface area is 198 Å². The molecule has 4 aliphatic carbocycles. The van der Waals surface area contributed by atoms with E-state index in [0.29, 0.717) is 11.8 Å². The lowest BCUT2D eigenvalue weighted by Crippen LogP contribution is -2.62. The molecule has 4 saturated carbocycles. The highest BCUT2D eigenvalue weighted by atomic mass is 79.9. The van der Waals surface area contributed by atoms with E-state index in [1.54, 1.807) is 0 Å². The van der Waals surface area contributed by atoms with Crippen molar-refractivity contribution in [1.82, 2.24) is 0 Å². The minimum atomic E-state index is -0.455. The van der Waals surface area contributed by atoms with Gasteiger partial charge in [-0.3, -0.25) is 19.2 Å². The predicted molar refractivity (Wildman–Crippen MR) is 121 cm³/mol. The van der Waals surface area contributed by atoms with Crippen LogP contribution < -0.4 is 0 Å². The monoisotopic (exact) mass is 510 g/mol. The second-order valence-electron chi connectivity index (χ2n) is 11.0. The zero-order valence-corrected chi connectivity index (χ0v) is 21.1. The fourth-order valence-electron chi connectivity index (χ4n) is 8.11. The molecule has 7 heteroatoms. The van der Waals surface area contributed by atoms with Gasteiger partial charge in [0.2, 0.25) is 0 Å². The summed E-state index contributed by atoms with van der Waals surface area (Å²) >= 11 is 3.77. The number of esters is 2. The summed E-state index contributed by atoms with van der Waals surface area (Å²) in [6.45, 7) is 6.94. The van der Waals surface area contributed by atoms with Gasteiger partial charge < -0.3 is 9.47 Å². The van der Waals surface area contributed by atoms with Crippen molar-refractivity contribution in [2.24, 2.45) is 40.4 Å². The molecular formula is C25H35BrO6. The third kappa shape index (κ3) is 3.67. The number of Topliss-reactive ketones (excluding diaryl/α,β-unsaturated/α-hetero) is 2. The van der Waals surface area contributed by atoms with Crippen LogP contribution >= 0.6 is 15.9 Å². The smallest absolute Gasteiger partial charge is 0.303 e. The Bertz CT molecular complexity index is 825. The summed E-state index contributed by atoms with van der Waals surface area (Å²) in [5.41, 5.74) is -0.544. The topological polar surface area (TPSA) is 86.7 Å². The first-order valence-corrected chi connectivity index (χ1v) is 12.9. The number of hydrogen-bond donors (Lipinski definition) is 0. The van der Waals surface area contributed by atoms with E-state index in [0.717, 1.165) is 44.9 Å². The largest absolute Gasteiger partial charge is 0.463 e. The molecule has 0 heterocycles. The Morgan fingerprint density at radius 1 is 1.03 bits per heavy atom. The number of alkyl halides is 1. The number of hydrogen-bond acceptors (Lipinski definition) is 6. The highest BCUT2D eigenvalue weighted by Crippen LogP contribution is 2.67. The fourth-order valence-corrected chi connectivity index (χ4v) is 9.05. The second kappa shape index (κ2) is 8.52. The highest BCUT2D eigenvalue weighted by Gasteiger charge is 2.67. The minimum absolute atomic E-state index is 0.0238. The number of halogens is 1. The standard InChI is InChI=1S/C25H35BrO6/c1-13(27)31-12-20(29)19-8-7-18-17-6-5-15-11-16(32-14(2)28)9-10-24(15,3)21(17)22(30)23(26)25(18,19)4/h15-19,21,23H,5-12H2,1-4H3/t15-,16-,17+,18+,19-,21-,23+,24+,25+/m1/s1. The molecule has 0 bridgehead atoms. The first kappa shape index (κ1) is 23.9. The predicted octanol–water partition coefficient (Wildman–Crippen LogP) is 4.26. The SMILES string of the molecule is CC(=O)OCC(=O)[C@H]1CC[C@H]2[C@@H]3CC[C@@H]4C[C@H](OC(C)=O)CC[C@]4(C)[C@H]3C(=O)[C@H](Br)[C@]12C. The molecule has 0 aromatic rings. The highest BCUT2D eigenvalue weighted by molar-refractivity contribution is 9.10. The van der Waals surface area contributed by atoms with Crippen molar-refractivity contribution in [2.75, 3.05) is 6.61 Å². The molecule has 32 heavy (non-hydrogen) atoms. The van der Waals surface area contributed by atoms with E-state index >= 15 is 0 Å². The molecule has 178 valence electrons. The summed E-state index contributed by atoms with van der Waals surface area (Å²) in [6, 6.07) is 0. The number of rotatable bonds is 4.